The van der Waals surface area contributed by atoms with E-state index in [2.05, 4.69) is 45.1 Å². The zero-order valence-electron chi connectivity index (χ0n) is 21.8. The van der Waals surface area contributed by atoms with Crippen LogP contribution in [0.5, 0.6) is 0 Å². The average Bonchev–Trinajstić information content (AvgIpc) is 2.82. The van der Waals surface area contributed by atoms with Crippen molar-refractivity contribution < 1.29 is 9.59 Å². The van der Waals surface area contributed by atoms with Crippen LogP contribution in [0, 0.1) is 0 Å². The molecular weight excluding hydrogens is 432 g/mol. The van der Waals surface area contributed by atoms with Gasteiger partial charge in [0.05, 0.1) is 6.04 Å². The van der Waals surface area contributed by atoms with Gasteiger partial charge in [-0.05, 0) is 47.9 Å². The van der Waals surface area contributed by atoms with Crippen molar-refractivity contribution in [2.24, 2.45) is 0 Å². The number of anilines is 1. The van der Waals surface area contributed by atoms with Crippen LogP contribution in [0.25, 0.3) is 0 Å². The summed E-state index contributed by atoms with van der Waals surface area (Å²) in [5.41, 5.74) is 5.06. The number of carbonyl (C=O) groups is 2. The van der Waals surface area contributed by atoms with Gasteiger partial charge in [-0.15, -0.1) is 0 Å². The molecule has 0 fully saturated rings. The Morgan fingerprint density at radius 2 is 1.14 bits per heavy atom. The van der Waals surface area contributed by atoms with E-state index in [1.54, 1.807) is 0 Å². The first kappa shape index (κ1) is 26.2. The minimum atomic E-state index is -0.282. The van der Waals surface area contributed by atoms with Crippen molar-refractivity contribution in [3.63, 3.8) is 0 Å². The summed E-state index contributed by atoms with van der Waals surface area (Å²) in [4.78, 5) is 28.7. The molecule has 0 aliphatic carbocycles. The topological polar surface area (TPSA) is 49.4 Å². The first-order valence-electron chi connectivity index (χ1n) is 12.5. The number of rotatable bonds is 9. The van der Waals surface area contributed by atoms with Crippen molar-refractivity contribution in [1.29, 1.82) is 0 Å². The van der Waals surface area contributed by atoms with E-state index in [1.807, 2.05) is 85.5 Å². The van der Waals surface area contributed by atoms with E-state index in [4.69, 9.17) is 0 Å². The highest BCUT2D eigenvalue weighted by Gasteiger charge is 2.30. The molecule has 3 rings (SSSR count). The normalized spacial score (nSPS) is 11.4. The Balaban J connectivity index is 1.91. The third-order valence-electron chi connectivity index (χ3n) is 6.30. The number of para-hydroxylation sites is 1. The zero-order valence-corrected chi connectivity index (χ0v) is 21.8. The monoisotopic (exact) mass is 470 g/mol. The molecule has 2 amide bonds. The minimum Gasteiger partial charge on any atom is -0.329 e. The molecule has 0 aliphatic heterocycles. The predicted molar refractivity (Wildman–Crippen MR) is 145 cm³/mol. The first-order chi connectivity index (χ1) is 16.7. The largest absolute Gasteiger partial charge is 0.329 e. The van der Waals surface area contributed by atoms with Crippen LogP contribution in [0.3, 0.4) is 0 Å². The highest BCUT2D eigenvalue weighted by atomic mass is 16.2. The number of nitrogens with one attached hydrogen (secondary N) is 1. The predicted octanol–water partition coefficient (Wildman–Crippen LogP) is 7.29. The van der Waals surface area contributed by atoms with Gasteiger partial charge in [0.1, 0.15) is 6.42 Å². The van der Waals surface area contributed by atoms with E-state index in [0.29, 0.717) is 0 Å². The fourth-order valence-corrected chi connectivity index (χ4v) is 4.62. The number of nitrogens with zero attached hydrogens (tertiary/aromatic N) is 1. The van der Waals surface area contributed by atoms with Crippen LogP contribution < -0.4 is 5.32 Å². The lowest BCUT2D eigenvalue weighted by molar-refractivity contribution is -0.137. The van der Waals surface area contributed by atoms with Crippen molar-refractivity contribution in [3.05, 3.63) is 101 Å². The van der Waals surface area contributed by atoms with Gasteiger partial charge >= 0.3 is 0 Å². The van der Waals surface area contributed by atoms with Crippen LogP contribution in [-0.4, -0.2) is 22.8 Å². The fourth-order valence-electron chi connectivity index (χ4n) is 4.62. The summed E-state index contributed by atoms with van der Waals surface area (Å²) in [6, 6.07) is 25.8. The van der Waals surface area contributed by atoms with Crippen LogP contribution in [-0.2, 0) is 9.59 Å². The molecule has 0 bridgehead atoms. The lowest BCUT2D eigenvalue weighted by Gasteiger charge is -2.36. The van der Waals surface area contributed by atoms with Gasteiger partial charge in [-0.3, -0.25) is 9.59 Å². The Hall–Kier alpha value is -3.40. The maximum atomic E-state index is 13.7. The minimum absolute atomic E-state index is 0.0881. The van der Waals surface area contributed by atoms with Gasteiger partial charge in [0, 0.05) is 11.7 Å². The van der Waals surface area contributed by atoms with E-state index >= 15 is 0 Å². The molecule has 0 aromatic heterocycles. The van der Waals surface area contributed by atoms with Gasteiger partial charge in [0.25, 0.3) is 0 Å². The lowest BCUT2D eigenvalue weighted by atomic mass is 9.92. The number of hydrogen-bond acceptors (Lipinski definition) is 2. The highest BCUT2D eigenvalue weighted by molar-refractivity contribution is 6.04. The van der Waals surface area contributed by atoms with Gasteiger partial charge in [0.2, 0.25) is 11.8 Å². The molecule has 0 saturated carbocycles. The summed E-state index contributed by atoms with van der Waals surface area (Å²) >= 11 is 0. The Labute approximate surface area is 210 Å². The van der Waals surface area contributed by atoms with Crippen molar-refractivity contribution in [2.45, 2.75) is 71.9 Å². The van der Waals surface area contributed by atoms with Gasteiger partial charge in [0.15, 0.2) is 0 Å². The van der Waals surface area contributed by atoms with E-state index in [1.165, 1.54) is 0 Å². The molecule has 0 heterocycles. The van der Waals surface area contributed by atoms with Gasteiger partial charge in [-0.25, -0.2) is 0 Å². The number of carbonyl (C=O) groups excluding carboxylic acids is 2. The van der Waals surface area contributed by atoms with Gasteiger partial charge in [-0.2, -0.15) is 0 Å². The Morgan fingerprint density at radius 3 is 1.54 bits per heavy atom. The van der Waals surface area contributed by atoms with Crippen LogP contribution in [0.2, 0.25) is 0 Å². The summed E-state index contributed by atoms with van der Waals surface area (Å²) in [7, 11) is 0. The molecule has 1 N–H and O–H groups in total. The first-order valence-corrected chi connectivity index (χ1v) is 12.5. The molecule has 4 heteroatoms. The highest BCUT2D eigenvalue weighted by Crippen LogP contribution is 2.33. The van der Waals surface area contributed by atoms with Crippen molar-refractivity contribution in [2.75, 3.05) is 5.32 Å². The van der Waals surface area contributed by atoms with Gasteiger partial charge < -0.3 is 10.2 Å². The maximum absolute atomic E-state index is 13.7. The van der Waals surface area contributed by atoms with E-state index in [0.717, 1.165) is 27.9 Å². The third kappa shape index (κ3) is 6.39. The summed E-state index contributed by atoms with van der Waals surface area (Å²) < 4.78 is 0. The van der Waals surface area contributed by atoms with Crippen LogP contribution in [0.4, 0.5) is 5.69 Å². The second-order valence-corrected chi connectivity index (χ2v) is 9.96. The second-order valence-electron chi connectivity index (χ2n) is 9.96. The molecule has 3 aromatic rings. The Kier molecular flexibility index (Phi) is 8.86. The SMILES string of the molecule is CC(C)c1cccc(C(C)C)c1NC(=O)CC(=O)N(C(C)C)C(c1ccccc1)c1ccccc1. The summed E-state index contributed by atoms with van der Waals surface area (Å²) in [6.45, 7) is 12.5. The standard InChI is InChI=1S/C31H38N2O2/c1-21(2)26-18-13-19-27(22(3)4)30(26)32-28(34)20-29(35)33(23(5)6)31(24-14-9-7-10-15-24)25-16-11-8-12-17-25/h7-19,21-23,31H,20H2,1-6H3,(H,32,34). The van der Waals surface area contributed by atoms with Crippen molar-refractivity contribution in [3.8, 4) is 0 Å². The molecule has 0 spiro atoms. The maximum Gasteiger partial charge on any atom is 0.233 e. The zero-order chi connectivity index (χ0) is 25.5. The molecule has 3 aromatic carbocycles. The molecule has 0 saturated heterocycles. The lowest BCUT2D eigenvalue weighted by Crippen LogP contribution is -2.42. The number of benzene rings is 3. The summed E-state index contributed by atoms with van der Waals surface area (Å²) in [5, 5.41) is 3.10. The summed E-state index contributed by atoms with van der Waals surface area (Å²) in [5.74, 6) is 0.0404. The van der Waals surface area contributed by atoms with Crippen molar-refractivity contribution in [1.82, 2.24) is 4.90 Å². The molecule has 35 heavy (non-hydrogen) atoms. The molecule has 4 nitrogen and oxygen atoms in total. The number of amides is 2. The quantitative estimate of drug-likeness (QED) is 0.334. The molecule has 0 aliphatic rings. The fraction of sp³-hybridized carbons (Fsp3) is 0.355. The molecule has 0 atom stereocenters. The molecule has 0 radical (unpaired) electrons. The van der Waals surface area contributed by atoms with Crippen molar-refractivity contribution >= 4 is 17.5 Å². The third-order valence-corrected chi connectivity index (χ3v) is 6.30. The number of hydrogen-bond donors (Lipinski definition) is 1. The van der Waals surface area contributed by atoms with Crippen LogP contribution in [0.1, 0.15) is 88.1 Å². The van der Waals surface area contributed by atoms with E-state index in [9.17, 15) is 9.59 Å². The molecular formula is C31H38N2O2. The van der Waals surface area contributed by atoms with E-state index < -0.39 is 0 Å². The molecule has 0 unspecified atom stereocenters. The Morgan fingerprint density at radius 1 is 0.686 bits per heavy atom. The van der Waals surface area contributed by atoms with Gasteiger partial charge in [-0.1, -0.05) is 107 Å². The van der Waals surface area contributed by atoms with E-state index in [-0.39, 0.29) is 42.2 Å². The van der Waals surface area contributed by atoms with Crippen LogP contribution in [0.15, 0.2) is 78.9 Å². The average molecular weight is 471 g/mol. The second kappa shape index (κ2) is 11.8. The smallest absolute Gasteiger partial charge is 0.233 e. The molecule has 184 valence electrons. The van der Waals surface area contributed by atoms with Crippen LogP contribution >= 0.6 is 0 Å². The Bertz CT molecular complexity index is 1060. The summed E-state index contributed by atoms with van der Waals surface area (Å²) in [6.07, 6.45) is -0.210.